The van der Waals surface area contributed by atoms with Gasteiger partial charge in [-0.05, 0) is 20.5 Å². The zero-order valence-corrected chi connectivity index (χ0v) is 11.1. The molecule has 1 aromatic rings. The zero-order valence-electron chi connectivity index (χ0n) is 10.3. The molecule has 0 bridgehead atoms. The van der Waals surface area contributed by atoms with Gasteiger partial charge in [0.25, 0.3) is 0 Å². The van der Waals surface area contributed by atoms with E-state index >= 15 is 0 Å². The van der Waals surface area contributed by atoms with E-state index in [1.807, 2.05) is 7.05 Å². The Morgan fingerprint density at radius 1 is 1.50 bits per heavy atom. The topological polar surface area (TPSA) is 44.0 Å². The van der Waals surface area contributed by atoms with Crippen LogP contribution in [0.4, 0.5) is 0 Å². The van der Waals surface area contributed by atoms with Gasteiger partial charge >= 0.3 is 0 Å². The second-order valence-electron chi connectivity index (χ2n) is 4.05. The minimum Gasteiger partial charge on any atom is -0.318 e. The first-order valence-electron chi connectivity index (χ1n) is 5.73. The lowest BCUT2D eigenvalue weighted by molar-refractivity contribution is 0.327. The summed E-state index contributed by atoms with van der Waals surface area (Å²) in [6.45, 7) is 4.99. The van der Waals surface area contributed by atoms with Gasteiger partial charge in [0.15, 0.2) is 0 Å². The van der Waals surface area contributed by atoms with Crippen molar-refractivity contribution in [3.05, 3.63) is 16.4 Å². The zero-order chi connectivity index (χ0) is 12.0. The number of hydrogen-bond acceptors (Lipinski definition) is 3. The molecule has 0 radical (unpaired) electrons. The molecule has 1 heterocycles. The fraction of sp³-hybridized carbons (Fsp3) is 0.727. The van der Waals surface area contributed by atoms with Gasteiger partial charge < -0.3 is 10.2 Å². The first kappa shape index (κ1) is 13.5. The normalized spacial score (nSPS) is 11.3. The third-order valence-corrected chi connectivity index (χ3v) is 2.87. The molecule has 0 unspecified atom stereocenters. The number of likely N-dealkylation sites (N-methyl/N-ethyl adjacent to an activating group) is 2. The molecule has 0 saturated heterocycles. The standard InChI is InChI=1S/C11H21ClN4/c1-4-5-10-9(11(12)15-14-10)8-16(3)7-6-13-2/h13H,4-8H2,1-3H3,(H,14,15). The summed E-state index contributed by atoms with van der Waals surface area (Å²) in [6, 6.07) is 0. The molecule has 0 saturated carbocycles. The highest BCUT2D eigenvalue weighted by molar-refractivity contribution is 6.30. The predicted molar refractivity (Wildman–Crippen MR) is 67.9 cm³/mol. The van der Waals surface area contributed by atoms with Crippen LogP contribution in [-0.4, -0.2) is 42.3 Å². The molecule has 0 aromatic carbocycles. The first-order chi connectivity index (χ1) is 7.69. The van der Waals surface area contributed by atoms with Crippen LogP contribution in [0.3, 0.4) is 0 Å². The molecule has 4 nitrogen and oxygen atoms in total. The van der Waals surface area contributed by atoms with E-state index in [0.717, 1.165) is 43.7 Å². The number of hydrogen-bond donors (Lipinski definition) is 2. The monoisotopic (exact) mass is 244 g/mol. The Morgan fingerprint density at radius 3 is 2.88 bits per heavy atom. The molecule has 0 aliphatic rings. The molecule has 1 rings (SSSR count). The smallest absolute Gasteiger partial charge is 0.128 e. The SMILES string of the molecule is CCCc1n[nH]c(Cl)c1CN(C)CCNC. The van der Waals surface area contributed by atoms with Crippen molar-refractivity contribution < 1.29 is 0 Å². The third-order valence-electron chi connectivity index (χ3n) is 2.56. The molecular formula is C11H21ClN4. The maximum absolute atomic E-state index is 6.10. The lowest BCUT2D eigenvalue weighted by Crippen LogP contribution is -2.27. The van der Waals surface area contributed by atoms with E-state index in [4.69, 9.17) is 11.6 Å². The van der Waals surface area contributed by atoms with Crippen LogP contribution in [0, 0.1) is 0 Å². The quantitative estimate of drug-likeness (QED) is 0.767. The van der Waals surface area contributed by atoms with Crippen LogP contribution < -0.4 is 5.32 Å². The Morgan fingerprint density at radius 2 is 2.25 bits per heavy atom. The summed E-state index contributed by atoms with van der Waals surface area (Å²) in [5.74, 6) is 0. The summed E-state index contributed by atoms with van der Waals surface area (Å²) in [7, 11) is 4.05. The average Bonchev–Trinajstić information content (AvgIpc) is 2.59. The number of nitrogens with zero attached hydrogens (tertiary/aromatic N) is 2. The Bertz CT molecular complexity index is 311. The van der Waals surface area contributed by atoms with Crippen molar-refractivity contribution >= 4 is 11.6 Å². The van der Waals surface area contributed by atoms with Crippen LogP contribution in [0.5, 0.6) is 0 Å². The van der Waals surface area contributed by atoms with Crippen LogP contribution in [-0.2, 0) is 13.0 Å². The van der Waals surface area contributed by atoms with Crippen molar-refractivity contribution in [3.8, 4) is 0 Å². The number of H-pyrrole nitrogens is 1. The molecular weight excluding hydrogens is 224 g/mol. The fourth-order valence-electron chi connectivity index (χ4n) is 1.63. The van der Waals surface area contributed by atoms with Gasteiger partial charge in [0.1, 0.15) is 5.15 Å². The maximum Gasteiger partial charge on any atom is 0.128 e. The van der Waals surface area contributed by atoms with Crippen LogP contribution in [0.2, 0.25) is 5.15 Å². The summed E-state index contributed by atoms with van der Waals surface area (Å²) in [6.07, 6.45) is 2.08. The Hall–Kier alpha value is -0.580. The van der Waals surface area contributed by atoms with Crippen molar-refractivity contribution in [1.29, 1.82) is 0 Å². The predicted octanol–water partition coefficient (Wildman–Crippen LogP) is 1.67. The van der Waals surface area contributed by atoms with E-state index in [1.165, 1.54) is 0 Å². The number of aryl methyl sites for hydroxylation is 1. The first-order valence-corrected chi connectivity index (χ1v) is 6.11. The molecule has 0 fully saturated rings. The highest BCUT2D eigenvalue weighted by Gasteiger charge is 2.12. The number of aromatic amines is 1. The van der Waals surface area contributed by atoms with Gasteiger partial charge in [-0.15, -0.1) is 0 Å². The van der Waals surface area contributed by atoms with Gasteiger partial charge in [-0.1, -0.05) is 24.9 Å². The Labute approximate surface area is 102 Å². The van der Waals surface area contributed by atoms with Gasteiger partial charge in [-0.25, -0.2) is 0 Å². The van der Waals surface area contributed by atoms with E-state index in [1.54, 1.807) is 0 Å². The van der Waals surface area contributed by atoms with Gasteiger partial charge in [0.2, 0.25) is 0 Å². The molecule has 1 aromatic heterocycles. The lowest BCUT2D eigenvalue weighted by Gasteiger charge is -2.16. The maximum atomic E-state index is 6.10. The van der Waals surface area contributed by atoms with Crippen molar-refractivity contribution in [1.82, 2.24) is 20.4 Å². The second kappa shape index (κ2) is 6.89. The highest BCUT2D eigenvalue weighted by atomic mass is 35.5. The van der Waals surface area contributed by atoms with Crippen LogP contribution in [0.25, 0.3) is 0 Å². The molecule has 2 N–H and O–H groups in total. The number of halogens is 1. The van der Waals surface area contributed by atoms with Crippen LogP contribution in [0.1, 0.15) is 24.6 Å². The Balaban J connectivity index is 2.60. The molecule has 0 aliphatic carbocycles. The molecule has 0 spiro atoms. The molecule has 92 valence electrons. The van der Waals surface area contributed by atoms with Gasteiger partial charge in [0.05, 0.1) is 5.69 Å². The van der Waals surface area contributed by atoms with E-state index in [0.29, 0.717) is 5.15 Å². The minimum absolute atomic E-state index is 0.680. The second-order valence-corrected chi connectivity index (χ2v) is 4.43. The molecule has 16 heavy (non-hydrogen) atoms. The molecule has 5 heteroatoms. The van der Waals surface area contributed by atoms with Gasteiger partial charge in [-0.3, -0.25) is 5.10 Å². The average molecular weight is 245 g/mol. The largest absolute Gasteiger partial charge is 0.318 e. The summed E-state index contributed by atoms with van der Waals surface area (Å²) in [4.78, 5) is 2.24. The summed E-state index contributed by atoms with van der Waals surface area (Å²) < 4.78 is 0. The van der Waals surface area contributed by atoms with Gasteiger partial charge in [-0.2, -0.15) is 5.10 Å². The van der Waals surface area contributed by atoms with E-state index in [-0.39, 0.29) is 0 Å². The van der Waals surface area contributed by atoms with E-state index in [2.05, 4.69) is 34.4 Å². The minimum atomic E-state index is 0.680. The molecule has 0 atom stereocenters. The molecule has 0 amide bonds. The number of rotatable bonds is 7. The lowest BCUT2D eigenvalue weighted by atomic mass is 10.1. The van der Waals surface area contributed by atoms with Gasteiger partial charge in [0, 0.05) is 25.2 Å². The summed E-state index contributed by atoms with van der Waals surface area (Å²) >= 11 is 6.10. The van der Waals surface area contributed by atoms with Crippen molar-refractivity contribution in [3.63, 3.8) is 0 Å². The van der Waals surface area contributed by atoms with Crippen molar-refractivity contribution in [2.75, 3.05) is 27.2 Å². The fourth-order valence-corrected chi connectivity index (χ4v) is 1.85. The van der Waals surface area contributed by atoms with E-state index in [9.17, 15) is 0 Å². The summed E-state index contributed by atoms with van der Waals surface area (Å²) in [5, 5.41) is 10.9. The summed E-state index contributed by atoms with van der Waals surface area (Å²) in [5.41, 5.74) is 2.24. The number of nitrogens with one attached hydrogen (secondary N) is 2. The Kier molecular flexibility index (Phi) is 5.80. The van der Waals surface area contributed by atoms with Crippen LogP contribution in [0.15, 0.2) is 0 Å². The third kappa shape index (κ3) is 3.77. The number of aromatic nitrogens is 2. The van der Waals surface area contributed by atoms with E-state index < -0.39 is 0 Å². The molecule has 0 aliphatic heterocycles. The van der Waals surface area contributed by atoms with Crippen molar-refractivity contribution in [2.45, 2.75) is 26.3 Å². The highest BCUT2D eigenvalue weighted by Crippen LogP contribution is 2.19. The van der Waals surface area contributed by atoms with Crippen molar-refractivity contribution in [2.24, 2.45) is 0 Å². The van der Waals surface area contributed by atoms with Crippen LogP contribution >= 0.6 is 11.6 Å².